The lowest BCUT2D eigenvalue weighted by Gasteiger charge is -2.12. The summed E-state index contributed by atoms with van der Waals surface area (Å²) < 4.78 is 0. The highest BCUT2D eigenvalue weighted by atomic mass is 32.2. The second kappa shape index (κ2) is 7.70. The van der Waals surface area contributed by atoms with Gasteiger partial charge < -0.3 is 5.73 Å². The van der Waals surface area contributed by atoms with Gasteiger partial charge in [0.05, 0.1) is 5.75 Å². The number of guanidine groups is 1. The second-order valence-corrected chi connectivity index (χ2v) is 3.97. The van der Waals surface area contributed by atoms with Crippen LogP contribution in [-0.2, 0) is 9.59 Å². The molecule has 0 unspecified atom stereocenters. The second-order valence-electron chi connectivity index (χ2n) is 2.87. The molecule has 0 aromatic carbocycles. The first-order chi connectivity index (χ1) is 7.52. The predicted octanol–water partition coefficient (Wildman–Crippen LogP) is -0.395. The fourth-order valence-electron chi connectivity index (χ4n) is 0.759. The average Bonchev–Trinajstić information content (AvgIpc) is 2.27. The summed E-state index contributed by atoms with van der Waals surface area (Å²) in [4.78, 5) is 26.5. The van der Waals surface area contributed by atoms with Gasteiger partial charge >= 0.3 is 0 Å². The fraction of sp³-hybridized carbons (Fsp3) is 0.556. The molecule has 16 heavy (non-hydrogen) atoms. The normalized spacial score (nSPS) is 10.7. The van der Waals surface area contributed by atoms with E-state index in [2.05, 4.69) is 4.99 Å². The minimum absolute atomic E-state index is 0.137. The summed E-state index contributed by atoms with van der Waals surface area (Å²) in [7, 11) is 1.49. The largest absolute Gasteiger partial charge is 0.369 e. The van der Waals surface area contributed by atoms with E-state index in [0.29, 0.717) is 12.3 Å². The molecule has 0 saturated carbocycles. The van der Waals surface area contributed by atoms with E-state index in [0.717, 1.165) is 0 Å². The summed E-state index contributed by atoms with van der Waals surface area (Å²) in [6.07, 6.45) is 1.88. The molecule has 0 aliphatic heterocycles. The van der Waals surface area contributed by atoms with Gasteiger partial charge in [0.1, 0.15) is 0 Å². The van der Waals surface area contributed by atoms with Crippen molar-refractivity contribution in [2.24, 2.45) is 10.7 Å². The van der Waals surface area contributed by atoms with Gasteiger partial charge in [-0.25, -0.2) is 4.90 Å². The predicted molar refractivity (Wildman–Crippen MR) is 62.9 cm³/mol. The molecule has 88 valence electrons. The molecule has 0 saturated heterocycles. The maximum absolute atomic E-state index is 10.9. The summed E-state index contributed by atoms with van der Waals surface area (Å²) in [5, 5.41) is 8.71. The number of Topliss-reactive ketones (excluding diaryl/α,β-unsaturated/α-hetero) is 2. The Bertz CT molecular complexity index is 335. The Morgan fingerprint density at radius 1 is 1.56 bits per heavy atom. The highest BCUT2D eigenvalue weighted by Gasteiger charge is 2.09. The first-order valence-corrected chi connectivity index (χ1v) is 5.69. The zero-order valence-corrected chi connectivity index (χ0v) is 10.1. The number of ketones is 2. The first-order valence-electron chi connectivity index (χ1n) is 4.54. The molecule has 0 aromatic rings. The Kier molecular flexibility index (Phi) is 6.96. The number of carbonyl (C=O) groups excluding carboxylic acids is 2. The Balaban J connectivity index is 3.86. The van der Waals surface area contributed by atoms with Gasteiger partial charge in [-0.05, 0) is 0 Å². The number of aliphatic imine (C=N–C) groups is 1. The quantitative estimate of drug-likeness (QED) is 0.170. The third-order valence-corrected chi connectivity index (χ3v) is 2.65. The minimum Gasteiger partial charge on any atom is -0.369 e. The van der Waals surface area contributed by atoms with E-state index in [1.54, 1.807) is 0 Å². The lowest BCUT2D eigenvalue weighted by molar-refractivity contribution is -0.133. The fourth-order valence-corrected chi connectivity index (χ4v) is 1.60. The van der Waals surface area contributed by atoms with E-state index in [9.17, 15) is 9.59 Å². The van der Waals surface area contributed by atoms with E-state index >= 15 is 0 Å². The van der Waals surface area contributed by atoms with Crippen molar-refractivity contribution in [1.29, 1.82) is 5.26 Å². The Labute approximate surface area is 98.5 Å². The van der Waals surface area contributed by atoms with Gasteiger partial charge in [0, 0.05) is 26.3 Å². The minimum atomic E-state index is -0.445. The molecule has 6 nitrogen and oxygen atoms in total. The highest BCUT2D eigenvalue weighted by Crippen LogP contribution is 2.01. The zero-order chi connectivity index (χ0) is 12.6. The van der Waals surface area contributed by atoms with Crippen molar-refractivity contribution in [3.05, 3.63) is 0 Å². The number of carbonyl (C=O) groups is 2. The molecule has 0 rings (SSSR count). The van der Waals surface area contributed by atoms with Crippen LogP contribution in [0.1, 0.15) is 6.92 Å². The van der Waals surface area contributed by atoms with Crippen molar-refractivity contribution in [3.8, 4) is 6.19 Å². The van der Waals surface area contributed by atoms with Crippen molar-refractivity contribution in [2.75, 3.05) is 25.1 Å². The molecule has 0 bridgehead atoms. The summed E-state index contributed by atoms with van der Waals surface area (Å²) in [6, 6.07) is 0. The number of hydrogen-bond donors (Lipinski definition) is 1. The van der Waals surface area contributed by atoms with E-state index < -0.39 is 11.6 Å². The van der Waals surface area contributed by atoms with Gasteiger partial charge in [-0.2, -0.15) is 17.0 Å². The van der Waals surface area contributed by atoms with E-state index in [4.69, 9.17) is 11.0 Å². The van der Waals surface area contributed by atoms with Crippen LogP contribution in [0.4, 0.5) is 0 Å². The summed E-state index contributed by atoms with van der Waals surface area (Å²) in [6.45, 7) is 1.61. The molecule has 0 spiro atoms. The summed E-state index contributed by atoms with van der Waals surface area (Å²) >= 11 is 1.29. The van der Waals surface area contributed by atoms with Gasteiger partial charge in [0.25, 0.3) is 0 Å². The van der Waals surface area contributed by atoms with Gasteiger partial charge in [0.2, 0.25) is 11.7 Å². The van der Waals surface area contributed by atoms with Crippen molar-refractivity contribution >= 4 is 29.3 Å². The molecular formula is C9H14N4O2S. The molecule has 2 N–H and O–H groups in total. The maximum atomic E-state index is 10.9. The molecule has 0 heterocycles. The average molecular weight is 242 g/mol. The Morgan fingerprint density at radius 2 is 2.19 bits per heavy atom. The maximum Gasteiger partial charge on any atom is 0.207 e. The van der Waals surface area contributed by atoms with Crippen LogP contribution in [0.2, 0.25) is 0 Å². The van der Waals surface area contributed by atoms with Crippen LogP contribution < -0.4 is 5.73 Å². The molecule has 0 radical (unpaired) electrons. The number of rotatable bonds is 6. The topological polar surface area (TPSA) is 99.5 Å². The molecule has 0 aliphatic carbocycles. The Hall–Kier alpha value is -1.55. The number of nitriles is 1. The van der Waals surface area contributed by atoms with Gasteiger partial charge in [-0.15, -0.1) is 0 Å². The van der Waals surface area contributed by atoms with Crippen LogP contribution in [0.15, 0.2) is 4.99 Å². The zero-order valence-electron chi connectivity index (χ0n) is 9.27. The van der Waals surface area contributed by atoms with Crippen molar-refractivity contribution in [1.82, 2.24) is 4.90 Å². The van der Waals surface area contributed by atoms with Gasteiger partial charge in [0.15, 0.2) is 12.0 Å². The van der Waals surface area contributed by atoms with Crippen LogP contribution in [0, 0.1) is 11.5 Å². The monoisotopic (exact) mass is 242 g/mol. The molecule has 0 aromatic heterocycles. The number of hydrogen-bond acceptors (Lipinski definition) is 5. The molecule has 0 fully saturated rings. The smallest absolute Gasteiger partial charge is 0.207 e. The first kappa shape index (κ1) is 14.5. The Morgan fingerprint density at radius 3 is 2.62 bits per heavy atom. The molecule has 0 amide bonds. The number of nitrogens with two attached hydrogens (primary N) is 1. The number of nitrogens with zero attached hydrogens (tertiary/aromatic N) is 3. The number of thioether (sulfide) groups is 1. The SMILES string of the molecule is CN=C(N)N(C#N)CCSCC(=O)C(C)=O. The third kappa shape index (κ3) is 5.36. The van der Waals surface area contributed by atoms with Crippen LogP contribution in [-0.4, -0.2) is 47.5 Å². The lowest BCUT2D eigenvalue weighted by Crippen LogP contribution is -2.35. The van der Waals surface area contributed by atoms with Crippen LogP contribution in [0.3, 0.4) is 0 Å². The van der Waals surface area contributed by atoms with E-state index in [1.165, 1.54) is 30.6 Å². The van der Waals surface area contributed by atoms with Crippen LogP contribution in [0.25, 0.3) is 0 Å². The molecular weight excluding hydrogens is 228 g/mol. The van der Waals surface area contributed by atoms with Crippen molar-refractivity contribution in [2.45, 2.75) is 6.92 Å². The summed E-state index contributed by atoms with van der Waals surface area (Å²) in [5.74, 6) is -0.0495. The molecule has 7 heteroatoms. The van der Waals surface area contributed by atoms with Crippen LogP contribution in [0.5, 0.6) is 0 Å². The lowest BCUT2D eigenvalue weighted by atomic mass is 10.3. The van der Waals surface area contributed by atoms with Crippen molar-refractivity contribution < 1.29 is 9.59 Å². The van der Waals surface area contributed by atoms with Crippen molar-refractivity contribution in [3.63, 3.8) is 0 Å². The third-order valence-electron chi connectivity index (χ3n) is 1.71. The van der Waals surface area contributed by atoms with E-state index in [-0.39, 0.29) is 11.7 Å². The molecule has 0 aliphatic rings. The highest BCUT2D eigenvalue weighted by molar-refractivity contribution is 8.00. The van der Waals surface area contributed by atoms with Gasteiger partial charge in [-0.1, -0.05) is 0 Å². The standard InChI is InChI=1S/C9H14N4O2S/c1-7(14)8(15)5-16-4-3-13(6-10)9(11)12-2/h3-5H2,1-2H3,(H2,11,12). The molecule has 0 atom stereocenters. The van der Waals surface area contributed by atoms with E-state index in [1.807, 2.05) is 6.19 Å². The van der Waals surface area contributed by atoms with Gasteiger partial charge in [-0.3, -0.25) is 14.6 Å². The van der Waals surface area contributed by atoms with Crippen LogP contribution >= 0.6 is 11.8 Å². The summed E-state index contributed by atoms with van der Waals surface area (Å²) in [5.41, 5.74) is 5.44.